The van der Waals surface area contributed by atoms with E-state index in [1.54, 1.807) is 0 Å². The van der Waals surface area contributed by atoms with Crippen LogP contribution in [0.2, 0.25) is 0 Å². The minimum absolute atomic E-state index is 0.0858. The third-order valence-corrected chi connectivity index (χ3v) is 4.31. The van der Waals surface area contributed by atoms with Crippen LogP contribution in [-0.2, 0) is 0 Å². The van der Waals surface area contributed by atoms with Crippen molar-refractivity contribution in [3.8, 4) is 0 Å². The van der Waals surface area contributed by atoms with Crippen molar-refractivity contribution in [3.05, 3.63) is 34.4 Å². The first-order valence-electron chi connectivity index (χ1n) is 6.81. The van der Waals surface area contributed by atoms with Gasteiger partial charge in [-0.25, -0.2) is 4.79 Å². The van der Waals surface area contributed by atoms with Crippen LogP contribution < -0.4 is 5.32 Å². The van der Waals surface area contributed by atoms with Crippen LogP contribution in [0.25, 0.3) is 10.9 Å². The lowest BCUT2D eigenvalue weighted by atomic mass is 10.1. The van der Waals surface area contributed by atoms with Crippen LogP contribution in [0.4, 0.5) is 5.69 Å². The van der Waals surface area contributed by atoms with Crippen LogP contribution in [0.1, 0.15) is 29.6 Å². The summed E-state index contributed by atoms with van der Waals surface area (Å²) in [5.41, 5.74) is 1.47. The molecule has 0 amide bonds. The fourth-order valence-corrected chi connectivity index (χ4v) is 3.14. The molecule has 2 unspecified atom stereocenters. The number of aliphatic hydroxyl groups is 1. The Morgan fingerprint density at radius 3 is 2.86 bits per heavy atom. The molecule has 1 aliphatic carbocycles. The molecule has 2 atom stereocenters. The number of carboxylic acid groups (broad SMARTS) is 1. The van der Waals surface area contributed by atoms with Gasteiger partial charge in [-0.05, 0) is 37.5 Å². The first kappa shape index (κ1) is 14.3. The average molecular weight is 351 g/mol. The number of benzene rings is 1. The highest BCUT2D eigenvalue weighted by molar-refractivity contribution is 9.10. The molecule has 1 fully saturated rings. The second-order valence-electron chi connectivity index (χ2n) is 5.32. The summed E-state index contributed by atoms with van der Waals surface area (Å²) < 4.78 is 0.869. The summed E-state index contributed by atoms with van der Waals surface area (Å²) >= 11 is 3.41. The first-order chi connectivity index (χ1) is 10.0. The number of hydrogen-bond donors (Lipinski definition) is 3. The molecule has 1 aromatic heterocycles. The third-order valence-electron chi connectivity index (χ3n) is 3.81. The summed E-state index contributed by atoms with van der Waals surface area (Å²) in [6.45, 7) is 0. The number of rotatable bonds is 3. The van der Waals surface area contributed by atoms with E-state index in [0.29, 0.717) is 12.1 Å². The second-order valence-corrected chi connectivity index (χ2v) is 6.24. The monoisotopic (exact) mass is 350 g/mol. The molecule has 21 heavy (non-hydrogen) atoms. The minimum atomic E-state index is -1.01. The number of nitrogens with zero attached hydrogens (tertiary/aromatic N) is 1. The van der Waals surface area contributed by atoms with Gasteiger partial charge in [-0.1, -0.05) is 15.9 Å². The van der Waals surface area contributed by atoms with Crippen molar-refractivity contribution in [2.24, 2.45) is 0 Å². The van der Waals surface area contributed by atoms with Gasteiger partial charge in [-0.2, -0.15) is 0 Å². The smallest absolute Gasteiger partial charge is 0.339 e. The lowest BCUT2D eigenvalue weighted by Gasteiger charge is -2.18. The number of carboxylic acids is 1. The quantitative estimate of drug-likeness (QED) is 0.792. The summed E-state index contributed by atoms with van der Waals surface area (Å²) in [7, 11) is 0. The number of pyridine rings is 1. The van der Waals surface area contributed by atoms with Gasteiger partial charge in [0.15, 0.2) is 0 Å². The Bertz CT molecular complexity index is 705. The average Bonchev–Trinajstić information content (AvgIpc) is 2.84. The zero-order chi connectivity index (χ0) is 15.0. The van der Waals surface area contributed by atoms with Crippen molar-refractivity contribution >= 4 is 38.5 Å². The lowest BCUT2D eigenvalue weighted by Crippen LogP contribution is -2.19. The highest BCUT2D eigenvalue weighted by Gasteiger charge is 2.25. The number of nitrogens with one attached hydrogen (secondary N) is 1. The van der Waals surface area contributed by atoms with Crippen LogP contribution >= 0.6 is 15.9 Å². The normalized spacial score (nSPS) is 21.6. The van der Waals surface area contributed by atoms with Crippen molar-refractivity contribution in [2.75, 3.05) is 5.32 Å². The maximum absolute atomic E-state index is 11.4. The molecule has 0 aliphatic heterocycles. The Morgan fingerprint density at radius 2 is 2.19 bits per heavy atom. The molecular formula is C15H15BrN2O3. The fourth-order valence-electron chi connectivity index (χ4n) is 2.78. The molecule has 110 valence electrons. The zero-order valence-corrected chi connectivity index (χ0v) is 12.8. The maximum atomic E-state index is 11.4. The maximum Gasteiger partial charge on any atom is 0.339 e. The van der Waals surface area contributed by atoms with Crippen molar-refractivity contribution in [1.82, 2.24) is 4.98 Å². The van der Waals surface area contributed by atoms with Crippen molar-refractivity contribution < 1.29 is 15.0 Å². The highest BCUT2D eigenvalue weighted by atomic mass is 79.9. The first-order valence-corrected chi connectivity index (χ1v) is 7.60. The topological polar surface area (TPSA) is 82.5 Å². The molecule has 3 N–H and O–H groups in total. The summed E-state index contributed by atoms with van der Waals surface area (Å²) in [4.78, 5) is 15.7. The Balaban J connectivity index is 2.09. The number of aromatic carboxylic acids is 1. The van der Waals surface area contributed by atoms with Crippen LogP contribution in [0.3, 0.4) is 0 Å². The summed E-state index contributed by atoms with van der Waals surface area (Å²) in [5, 5.41) is 23.1. The van der Waals surface area contributed by atoms with Crippen LogP contribution in [0.15, 0.2) is 28.9 Å². The molecule has 3 rings (SSSR count). The molecule has 0 bridgehead atoms. The number of anilines is 1. The van der Waals surface area contributed by atoms with Crippen molar-refractivity contribution in [1.29, 1.82) is 0 Å². The largest absolute Gasteiger partial charge is 0.478 e. The molecule has 1 aliphatic rings. The lowest BCUT2D eigenvalue weighted by molar-refractivity contribution is 0.0697. The molecule has 0 radical (unpaired) electrons. The van der Waals surface area contributed by atoms with E-state index >= 15 is 0 Å². The predicted octanol–water partition coefficient (Wildman–Crippen LogP) is 3.02. The summed E-state index contributed by atoms with van der Waals surface area (Å²) in [6, 6.07) is 5.67. The SMILES string of the molecule is O=C(O)c1cnc2ccc(Br)cc2c1NC1CCC(O)C1. The molecule has 1 saturated carbocycles. The van der Waals surface area contributed by atoms with Gasteiger partial charge >= 0.3 is 5.97 Å². The number of aliphatic hydroxyl groups excluding tert-OH is 1. The summed E-state index contributed by atoms with van der Waals surface area (Å²) in [6.07, 6.45) is 3.28. The molecule has 0 spiro atoms. The summed E-state index contributed by atoms with van der Waals surface area (Å²) in [5.74, 6) is -1.01. The predicted molar refractivity (Wildman–Crippen MR) is 83.7 cm³/mol. The van der Waals surface area contributed by atoms with Crippen LogP contribution in [0.5, 0.6) is 0 Å². The second kappa shape index (κ2) is 5.61. The van der Waals surface area contributed by atoms with Gasteiger partial charge in [0.2, 0.25) is 0 Å². The van der Waals surface area contributed by atoms with E-state index in [1.807, 2.05) is 18.2 Å². The third kappa shape index (κ3) is 2.87. The fraction of sp³-hybridized carbons (Fsp3) is 0.333. The molecule has 6 heteroatoms. The van der Waals surface area contributed by atoms with Crippen molar-refractivity contribution in [3.63, 3.8) is 0 Å². The highest BCUT2D eigenvalue weighted by Crippen LogP contribution is 2.31. The van der Waals surface area contributed by atoms with E-state index in [1.165, 1.54) is 6.20 Å². The van der Waals surface area contributed by atoms with Gasteiger partial charge in [-0.3, -0.25) is 4.98 Å². The van der Waals surface area contributed by atoms with Gasteiger partial charge in [0, 0.05) is 22.1 Å². The molecule has 0 saturated heterocycles. The van der Waals surface area contributed by atoms with Crippen LogP contribution in [-0.4, -0.2) is 33.3 Å². The Morgan fingerprint density at radius 1 is 1.38 bits per heavy atom. The van der Waals surface area contributed by atoms with Crippen LogP contribution in [0, 0.1) is 0 Å². The number of halogens is 1. The zero-order valence-electron chi connectivity index (χ0n) is 11.2. The Labute approximate surface area is 130 Å². The molecule has 1 aromatic carbocycles. The number of aromatic nitrogens is 1. The Hall–Kier alpha value is -1.66. The molecule has 5 nitrogen and oxygen atoms in total. The number of carbonyl (C=O) groups is 1. The van der Waals surface area contributed by atoms with Gasteiger partial charge in [0.05, 0.1) is 17.3 Å². The van der Waals surface area contributed by atoms with Gasteiger partial charge in [-0.15, -0.1) is 0 Å². The van der Waals surface area contributed by atoms with E-state index < -0.39 is 5.97 Å². The molecule has 1 heterocycles. The Kier molecular flexibility index (Phi) is 3.82. The van der Waals surface area contributed by atoms with E-state index in [9.17, 15) is 15.0 Å². The number of hydrogen-bond acceptors (Lipinski definition) is 4. The van der Waals surface area contributed by atoms with Gasteiger partial charge < -0.3 is 15.5 Å². The van der Waals surface area contributed by atoms with E-state index in [-0.39, 0.29) is 17.7 Å². The number of fused-ring (bicyclic) bond motifs is 1. The molecular weight excluding hydrogens is 336 g/mol. The van der Waals surface area contributed by atoms with E-state index in [0.717, 1.165) is 28.2 Å². The van der Waals surface area contributed by atoms with E-state index in [2.05, 4.69) is 26.2 Å². The van der Waals surface area contributed by atoms with Crippen molar-refractivity contribution in [2.45, 2.75) is 31.4 Å². The van der Waals surface area contributed by atoms with E-state index in [4.69, 9.17) is 0 Å². The van der Waals surface area contributed by atoms with Gasteiger partial charge in [0.1, 0.15) is 5.56 Å². The molecule has 2 aromatic rings. The van der Waals surface area contributed by atoms with Gasteiger partial charge in [0.25, 0.3) is 0 Å². The standard InChI is InChI=1S/C15H15BrN2O3/c16-8-1-4-13-11(5-8)14(12(7-17-13)15(20)21)18-9-2-3-10(19)6-9/h1,4-5,7,9-10,19H,2-3,6H2,(H,17,18)(H,20,21). The minimum Gasteiger partial charge on any atom is -0.478 e.